The number of likely N-dealkylation sites (tertiary alicyclic amines) is 1. The van der Waals surface area contributed by atoms with Crippen LogP contribution in [-0.2, 0) is 4.79 Å². The van der Waals surface area contributed by atoms with Crippen LogP contribution in [0.25, 0.3) is 10.8 Å². The maximum Gasteiger partial charge on any atom is 0.326 e. The molecule has 2 N–H and O–H groups in total. The Hall–Kier alpha value is -2.40. The number of hydrogen-bond donors (Lipinski definition) is 2. The number of carbonyl (C=O) groups excluding carboxylic acids is 1. The summed E-state index contributed by atoms with van der Waals surface area (Å²) < 4.78 is 0. The fraction of sp³-hybridized carbons (Fsp3) is 0.250. The van der Waals surface area contributed by atoms with Crippen molar-refractivity contribution in [2.75, 3.05) is 6.54 Å². The van der Waals surface area contributed by atoms with Crippen LogP contribution in [0.3, 0.4) is 0 Å². The number of fused-ring (bicyclic) bond motifs is 1. The summed E-state index contributed by atoms with van der Waals surface area (Å²) in [5, 5.41) is 20.7. The lowest BCUT2D eigenvalue weighted by Gasteiger charge is -2.21. The predicted octanol–water partition coefficient (Wildman–Crippen LogP) is 1.50. The highest BCUT2D eigenvalue weighted by Gasteiger charge is 2.39. The first-order chi connectivity index (χ1) is 10.1. The summed E-state index contributed by atoms with van der Waals surface area (Å²) in [4.78, 5) is 24.9. The van der Waals surface area contributed by atoms with Crippen molar-refractivity contribution >= 4 is 22.6 Å². The van der Waals surface area contributed by atoms with E-state index in [0.717, 1.165) is 10.8 Å². The van der Waals surface area contributed by atoms with Gasteiger partial charge in [-0.3, -0.25) is 4.79 Å². The van der Waals surface area contributed by atoms with Crippen molar-refractivity contribution in [1.29, 1.82) is 0 Å². The fourth-order valence-electron chi connectivity index (χ4n) is 2.76. The number of carboxylic acid groups (broad SMARTS) is 1. The molecule has 1 amide bonds. The van der Waals surface area contributed by atoms with Gasteiger partial charge >= 0.3 is 5.97 Å². The van der Waals surface area contributed by atoms with Crippen LogP contribution < -0.4 is 0 Å². The van der Waals surface area contributed by atoms with E-state index in [-0.39, 0.29) is 18.9 Å². The minimum atomic E-state index is -1.08. The zero-order valence-corrected chi connectivity index (χ0v) is 11.3. The molecule has 0 aliphatic carbocycles. The van der Waals surface area contributed by atoms with Crippen LogP contribution in [0.4, 0.5) is 0 Å². The molecule has 5 heteroatoms. The Labute approximate surface area is 121 Å². The average Bonchev–Trinajstić information content (AvgIpc) is 2.88. The van der Waals surface area contributed by atoms with Gasteiger partial charge in [0.15, 0.2) is 0 Å². The zero-order chi connectivity index (χ0) is 15.0. The zero-order valence-electron chi connectivity index (χ0n) is 11.3. The third kappa shape index (κ3) is 2.48. The molecule has 2 unspecified atom stereocenters. The highest BCUT2D eigenvalue weighted by Crippen LogP contribution is 2.23. The molecule has 1 heterocycles. The van der Waals surface area contributed by atoms with Gasteiger partial charge in [0.2, 0.25) is 0 Å². The van der Waals surface area contributed by atoms with Crippen LogP contribution in [0, 0.1) is 0 Å². The second-order valence-electron chi connectivity index (χ2n) is 5.26. The van der Waals surface area contributed by atoms with Crippen molar-refractivity contribution < 1.29 is 19.8 Å². The summed E-state index contributed by atoms with van der Waals surface area (Å²) in [7, 11) is 0. The van der Waals surface area contributed by atoms with Crippen LogP contribution in [0.5, 0.6) is 0 Å². The molecular formula is C16H15NO4. The van der Waals surface area contributed by atoms with Gasteiger partial charge in [-0.05, 0) is 22.9 Å². The number of carboxylic acids is 1. The SMILES string of the molecule is O=C(O)C1CC(O)CN1C(=O)c1ccc2ccccc2c1. The van der Waals surface area contributed by atoms with Gasteiger partial charge in [0.05, 0.1) is 6.10 Å². The third-order valence-corrected chi connectivity index (χ3v) is 3.82. The van der Waals surface area contributed by atoms with Gasteiger partial charge in [-0.1, -0.05) is 30.3 Å². The molecule has 21 heavy (non-hydrogen) atoms. The standard InChI is InChI=1S/C16H15NO4/c18-13-8-14(16(20)21)17(9-13)15(19)12-6-5-10-3-1-2-4-11(10)7-12/h1-7,13-14,18H,8-9H2,(H,20,21). The normalized spacial score (nSPS) is 21.7. The van der Waals surface area contributed by atoms with E-state index in [1.165, 1.54) is 4.90 Å². The number of rotatable bonds is 2. The second kappa shape index (κ2) is 5.18. The van der Waals surface area contributed by atoms with E-state index < -0.39 is 18.1 Å². The van der Waals surface area contributed by atoms with Gasteiger partial charge in [0, 0.05) is 18.5 Å². The number of benzene rings is 2. The van der Waals surface area contributed by atoms with Gasteiger partial charge in [0.25, 0.3) is 5.91 Å². The molecule has 0 saturated carbocycles. The van der Waals surface area contributed by atoms with E-state index in [2.05, 4.69) is 0 Å². The van der Waals surface area contributed by atoms with E-state index >= 15 is 0 Å². The van der Waals surface area contributed by atoms with Crippen molar-refractivity contribution in [1.82, 2.24) is 4.90 Å². The minimum absolute atomic E-state index is 0.0582. The molecule has 0 spiro atoms. The summed E-state index contributed by atoms with van der Waals surface area (Å²) in [6, 6.07) is 12.0. The molecule has 3 rings (SSSR count). The lowest BCUT2D eigenvalue weighted by atomic mass is 10.1. The maximum absolute atomic E-state index is 12.5. The number of aliphatic carboxylic acids is 1. The smallest absolute Gasteiger partial charge is 0.326 e. The molecule has 0 aromatic heterocycles. The Morgan fingerprint density at radius 2 is 1.81 bits per heavy atom. The number of β-amino-alcohol motifs (C(OH)–C–C–N with tert-alkyl or cyclic N) is 1. The number of hydrogen-bond acceptors (Lipinski definition) is 3. The van der Waals surface area contributed by atoms with E-state index in [4.69, 9.17) is 5.11 Å². The van der Waals surface area contributed by atoms with Crippen LogP contribution in [0.2, 0.25) is 0 Å². The Bertz CT molecular complexity index is 712. The number of carbonyl (C=O) groups is 2. The topological polar surface area (TPSA) is 77.8 Å². The van der Waals surface area contributed by atoms with E-state index in [9.17, 15) is 14.7 Å². The first-order valence-corrected chi connectivity index (χ1v) is 6.77. The molecule has 2 aromatic rings. The Morgan fingerprint density at radius 3 is 2.52 bits per heavy atom. The highest BCUT2D eigenvalue weighted by molar-refractivity contribution is 6.00. The second-order valence-corrected chi connectivity index (χ2v) is 5.26. The molecule has 1 fully saturated rings. The quantitative estimate of drug-likeness (QED) is 0.876. The molecule has 5 nitrogen and oxygen atoms in total. The summed E-state index contributed by atoms with van der Waals surface area (Å²) in [5.41, 5.74) is 0.439. The van der Waals surface area contributed by atoms with Crippen molar-refractivity contribution in [3.8, 4) is 0 Å². The van der Waals surface area contributed by atoms with Crippen molar-refractivity contribution in [3.63, 3.8) is 0 Å². The molecule has 108 valence electrons. The van der Waals surface area contributed by atoms with Crippen molar-refractivity contribution in [3.05, 3.63) is 48.0 Å². The number of nitrogens with zero attached hydrogens (tertiary/aromatic N) is 1. The largest absolute Gasteiger partial charge is 0.480 e. The summed E-state index contributed by atoms with van der Waals surface area (Å²) >= 11 is 0. The Kier molecular flexibility index (Phi) is 3.35. The lowest BCUT2D eigenvalue weighted by Crippen LogP contribution is -2.40. The van der Waals surface area contributed by atoms with E-state index in [1.807, 2.05) is 30.3 Å². The summed E-state index contributed by atoms with van der Waals surface area (Å²) in [6.07, 6.45) is -0.704. The maximum atomic E-state index is 12.5. The Balaban J connectivity index is 1.94. The molecule has 1 aliphatic rings. The van der Waals surface area contributed by atoms with Gasteiger partial charge in [-0.2, -0.15) is 0 Å². The summed E-state index contributed by atoms with van der Waals surface area (Å²) in [6.45, 7) is 0.0582. The third-order valence-electron chi connectivity index (χ3n) is 3.82. The predicted molar refractivity (Wildman–Crippen MR) is 77.0 cm³/mol. The first kappa shape index (κ1) is 13.6. The van der Waals surface area contributed by atoms with Gasteiger partial charge in [0.1, 0.15) is 6.04 Å². The first-order valence-electron chi connectivity index (χ1n) is 6.77. The number of amides is 1. The fourth-order valence-corrected chi connectivity index (χ4v) is 2.76. The number of aliphatic hydroxyl groups excluding tert-OH is 1. The van der Waals surface area contributed by atoms with Crippen LogP contribution in [0.15, 0.2) is 42.5 Å². The van der Waals surface area contributed by atoms with Gasteiger partial charge in [-0.15, -0.1) is 0 Å². The molecule has 1 saturated heterocycles. The highest BCUT2D eigenvalue weighted by atomic mass is 16.4. The van der Waals surface area contributed by atoms with Gasteiger partial charge in [-0.25, -0.2) is 4.79 Å². The van der Waals surface area contributed by atoms with Crippen LogP contribution in [-0.4, -0.2) is 45.7 Å². The van der Waals surface area contributed by atoms with Crippen LogP contribution >= 0.6 is 0 Å². The lowest BCUT2D eigenvalue weighted by molar-refractivity contribution is -0.141. The van der Waals surface area contributed by atoms with E-state index in [1.54, 1.807) is 12.1 Å². The van der Waals surface area contributed by atoms with Crippen LogP contribution in [0.1, 0.15) is 16.8 Å². The monoisotopic (exact) mass is 285 g/mol. The van der Waals surface area contributed by atoms with Crippen molar-refractivity contribution in [2.24, 2.45) is 0 Å². The van der Waals surface area contributed by atoms with E-state index in [0.29, 0.717) is 5.56 Å². The molecule has 0 bridgehead atoms. The Morgan fingerprint density at radius 1 is 1.10 bits per heavy atom. The number of aliphatic hydroxyl groups is 1. The minimum Gasteiger partial charge on any atom is -0.480 e. The summed E-state index contributed by atoms with van der Waals surface area (Å²) in [5.74, 6) is -1.44. The molecule has 0 radical (unpaired) electrons. The van der Waals surface area contributed by atoms with Crippen molar-refractivity contribution in [2.45, 2.75) is 18.6 Å². The molecule has 1 aliphatic heterocycles. The molecule has 2 atom stereocenters. The molecule has 2 aromatic carbocycles. The molecular weight excluding hydrogens is 270 g/mol. The average molecular weight is 285 g/mol. The van der Waals surface area contributed by atoms with Gasteiger partial charge < -0.3 is 15.1 Å².